The number of alkyl halides is 2. The van der Waals surface area contributed by atoms with Crippen molar-refractivity contribution in [2.24, 2.45) is 0 Å². The summed E-state index contributed by atoms with van der Waals surface area (Å²) in [5.41, 5.74) is 3.54. The summed E-state index contributed by atoms with van der Waals surface area (Å²) in [6.45, 7) is 7.75. The van der Waals surface area contributed by atoms with Crippen molar-refractivity contribution in [2.45, 2.75) is 76.9 Å². The molecular weight excluding hydrogens is 340 g/mol. The highest BCUT2D eigenvalue weighted by Gasteiger charge is 2.42. The minimum absolute atomic E-state index is 0.254. The predicted octanol–water partition coefficient (Wildman–Crippen LogP) is 6.08. The summed E-state index contributed by atoms with van der Waals surface area (Å²) in [6, 6.07) is 19.7. The van der Waals surface area contributed by atoms with E-state index in [1.54, 1.807) is 0 Å². The van der Waals surface area contributed by atoms with Crippen molar-refractivity contribution in [3.05, 3.63) is 71.3 Å². The summed E-state index contributed by atoms with van der Waals surface area (Å²) in [7, 11) is 0. The monoisotopic (exact) mass is 371 g/mol. The van der Waals surface area contributed by atoms with Crippen LogP contribution >= 0.6 is 0 Å². The quantitative estimate of drug-likeness (QED) is 0.543. The van der Waals surface area contributed by atoms with Crippen LogP contribution in [0.15, 0.2) is 54.6 Å². The molecule has 0 heterocycles. The summed E-state index contributed by atoms with van der Waals surface area (Å²) in [4.78, 5) is 2.53. The lowest BCUT2D eigenvalue weighted by Gasteiger charge is -2.34. The molecular formula is C24H31F2N. The highest BCUT2D eigenvalue weighted by atomic mass is 19.2. The van der Waals surface area contributed by atoms with E-state index in [-0.39, 0.29) is 5.92 Å². The second-order valence-electron chi connectivity index (χ2n) is 8.18. The minimum Gasteiger partial charge on any atom is -0.294 e. The van der Waals surface area contributed by atoms with Gasteiger partial charge in [0.05, 0.1) is 0 Å². The minimum atomic E-state index is -1.33. The van der Waals surface area contributed by atoms with Crippen LogP contribution in [-0.2, 0) is 13.0 Å². The Morgan fingerprint density at radius 1 is 0.926 bits per heavy atom. The summed E-state index contributed by atoms with van der Waals surface area (Å²) >= 11 is 0. The van der Waals surface area contributed by atoms with Gasteiger partial charge in [0.2, 0.25) is 0 Å². The van der Waals surface area contributed by atoms with E-state index < -0.39 is 12.3 Å². The van der Waals surface area contributed by atoms with Crippen molar-refractivity contribution in [3.63, 3.8) is 0 Å². The Labute approximate surface area is 162 Å². The van der Waals surface area contributed by atoms with E-state index in [9.17, 15) is 8.78 Å². The van der Waals surface area contributed by atoms with Gasteiger partial charge in [-0.3, -0.25) is 4.90 Å². The molecule has 0 amide bonds. The molecule has 27 heavy (non-hydrogen) atoms. The van der Waals surface area contributed by atoms with Crippen molar-refractivity contribution in [2.75, 3.05) is 0 Å². The molecule has 2 aromatic rings. The number of nitrogens with zero attached hydrogens (tertiary/aromatic N) is 1. The fourth-order valence-electron chi connectivity index (χ4n) is 3.99. The molecule has 0 bridgehead atoms. The SMILES string of the molecule is CC(C)N(Cc1ccccc1)C(C)CCc1ccc(C2CC(F)C2F)cc1. The van der Waals surface area contributed by atoms with Crippen molar-refractivity contribution in [3.8, 4) is 0 Å². The fraction of sp³-hybridized carbons (Fsp3) is 0.500. The standard InChI is InChI=1S/C24H31F2N/c1-17(2)27(16-20-7-5-4-6-8-20)18(3)9-10-19-11-13-21(14-12-19)22-15-23(25)24(22)26/h4-8,11-14,17-18,22-24H,9-10,15-16H2,1-3H3. The molecule has 0 saturated heterocycles. The Hall–Kier alpha value is -1.74. The molecule has 1 nitrogen and oxygen atoms in total. The summed E-state index contributed by atoms with van der Waals surface area (Å²) in [5.74, 6) is -0.254. The highest BCUT2D eigenvalue weighted by Crippen LogP contribution is 2.41. The molecule has 1 aliphatic rings. The number of rotatable bonds is 8. The number of halogens is 2. The first-order chi connectivity index (χ1) is 13.0. The third kappa shape index (κ3) is 4.95. The summed E-state index contributed by atoms with van der Waals surface area (Å²) in [5, 5.41) is 0. The first-order valence-corrected chi connectivity index (χ1v) is 10.1. The van der Waals surface area contributed by atoms with Gasteiger partial charge in [-0.25, -0.2) is 8.78 Å². The maximum Gasteiger partial charge on any atom is 0.138 e. The van der Waals surface area contributed by atoms with E-state index in [1.807, 2.05) is 12.1 Å². The molecule has 146 valence electrons. The first-order valence-electron chi connectivity index (χ1n) is 10.1. The summed E-state index contributed by atoms with van der Waals surface area (Å²) in [6.07, 6.45) is -0.211. The molecule has 2 aromatic carbocycles. The molecule has 0 spiro atoms. The van der Waals surface area contributed by atoms with Crippen LogP contribution in [0.1, 0.15) is 56.2 Å². The second kappa shape index (κ2) is 8.97. The molecule has 3 rings (SSSR count). The Balaban J connectivity index is 1.54. The zero-order valence-electron chi connectivity index (χ0n) is 16.6. The zero-order valence-corrected chi connectivity index (χ0v) is 16.6. The van der Waals surface area contributed by atoms with Gasteiger partial charge in [0, 0.05) is 24.5 Å². The van der Waals surface area contributed by atoms with Crippen LogP contribution in [0.4, 0.5) is 8.78 Å². The van der Waals surface area contributed by atoms with Gasteiger partial charge in [0.25, 0.3) is 0 Å². The van der Waals surface area contributed by atoms with Crippen molar-refractivity contribution in [1.82, 2.24) is 4.90 Å². The second-order valence-corrected chi connectivity index (χ2v) is 8.18. The van der Waals surface area contributed by atoms with Gasteiger partial charge < -0.3 is 0 Å². The number of hydrogen-bond donors (Lipinski definition) is 0. The third-order valence-electron chi connectivity index (χ3n) is 5.91. The van der Waals surface area contributed by atoms with Gasteiger partial charge >= 0.3 is 0 Å². The molecule has 4 unspecified atom stereocenters. The van der Waals surface area contributed by atoms with Crippen molar-refractivity contribution in [1.29, 1.82) is 0 Å². The van der Waals surface area contributed by atoms with Crippen LogP contribution in [0.3, 0.4) is 0 Å². The third-order valence-corrected chi connectivity index (χ3v) is 5.91. The fourth-order valence-corrected chi connectivity index (χ4v) is 3.99. The lowest BCUT2D eigenvalue weighted by atomic mass is 9.76. The maximum atomic E-state index is 13.6. The zero-order chi connectivity index (χ0) is 19.4. The molecule has 4 atom stereocenters. The number of aryl methyl sites for hydroxylation is 1. The van der Waals surface area contributed by atoms with Crippen LogP contribution in [-0.4, -0.2) is 29.3 Å². The van der Waals surface area contributed by atoms with E-state index in [4.69, 9.17) is 0 Å². The van der Waals surface area contributed by atoms with Gasteiger partial charge in [-0.05, 0) is 56.7 Å². The van der Waals surface area contributed by atoms with Gasteiger partial charge in [-0.2, -0.15) is 0 Å². The average Bonchev–Trinajstić information content (AvgIpc) is 2.69. The number of benzene rings is 2. The first kappa shape index (κ1) is 20.0. The predicted molar refractivity (Wildman–Crippen MR) is 108 cm³/mol. The van der Waals surface area contributed by atoms with E-state index in [2.05, 4.69) is 68.1 Å². The molecule has 1 saturated carbocycles. The Bertz CT molecular complexity index is 698. The Morgan fingerprint density at radius 2 is 1.59 bits per heavy atom. The van der Waals surface area contributed by atoms with Crippen LogP contribution in [0, 0.1) is 0 Å². The molecule has 0 aromatic heterocycles. The van der Waals surface area contributed by atoms with Gasteiger partial charge in [0.15, 0.2) is 0 Å². The molecule has 0 aliphatic heterocycles. The molecule has 3 heteroatoms. The lowest BCUT2D eigenvalue weighted by molar-refractivity contribution is 0.0428. The van der Waals surface area contributed by atoms with Gasteiger partial charge in [-0.15, -0.1) is 0 Å². The molecule has 0 N–H and O–H groups in total. The van der Waals surface area contributed by atoms with E-state index in [1.165, 1.54) is 11.1 Å². The van der Waals surface area contributed by atoms with E-state index in [0.717, 1.165) is 24.9 Å². The normalized spacial score (nSPS) is 23.4. The Kier molecular flexibility index (Phi) is 6.64. The van der Waals surface area contributed by atoms with E-state index in [0.29, 0.717) is 18.5 Å². The molecule has 1 aliphatic carbocycles. The maximum absolute atomic E-state index is 13.6. The molecule has 0 radical (unpaired) electrons. The van der Waals surface area contributed by atoms with Gasteiger partial charge in [-0.1, -0.05) is 54.6 Å². The highest BCUT2D eigenvalue weighted by molar-refractivity contribution is 5.29. The van der Waals surface area contributed by atoms with Crippen molar-refractivity contribution >= 4 is 0 Å². The van der Waals surface area contributed by atoms with Gasteiger partial charge in [0.1, 0.15) is 12.3 Å². The van der Waals surface area contributed by atoms with Crippen LogP contribution in [0.5, 0.6) is 0 Å². The smallest absolute Gasteiger partial charge is 0.138 e. The average molecular weight is 372 g/mol. The molecule has 1 fully saturated rings. The largest absolute Gasteiger partial charge is 0.294 e. The summed E-state index contributed by atoms with van der Waals surface area (Å²) < 4.78 is 26.6. The van der Waals surface area contributed by atoms with Crippen molar-refractivity contribution < 1.29 is 8.78 Å². The van der Waals surface area contributed by atoms with Crippen LogP contribution < -0.4 is 0 Å². The Morgan fingerprint density at radius 3 is 2.15 bits per heavy atom. The van der Waals surface area contributed by atoms with Crippen LogP contribution in [0.2, 0.25) is 0 Å². The van der Waals surface area contributed by atoms with Crippen LogP contribution in [0.25, 0.3) is 0 Å². The lowest BCUT2D eigenvalue weighted by Crippen LogP contribution is -2.38. The topological polar surface area (TPSA) is 3.24 Å². The van der Waals surface area contributed by atoms with E-state index >= 15 is 0 Å². The number of hydrogen-bond acceptors (Lipinski definition) is 1.